The van der Waals surface area contributed by atoms with Crippen LogP contribution in [0, 0.1) is 5.82 Å². The molecule has 0 unspecified atom stereocenters. The second-order valence-corrected chi connectivity index (χ2v) is 3.91. The molecule has 0 spiro atoms. The van der Waals surface area contributed by atoms with Crippen LogP contribution in [0.2, 0.25) is 0 Å². The molecule has 0 radical (unpaired) electrons. The van der Waals surface area contributed by atoms with Crippen LogP contribution in [0.3, 0.4) is 0 Å². The van der Waals surface area contributed by atoms with E-state index in [0.29, 0.717) is 13.2 Å². The van der Waals surface area contributed by atoms with E-state index in [0.717, 1.165) is 0 Å². The molecule has 0 aliphatic carbocycles. The first-order chi connectivity index (χ1) is 9.56. The lowest BCUT2D eigenvalue weighted by molar-refractivity contribution is -0.121. The van der Waals surface area contributed by atoms with Crippen LogP contribution >= 0.6 is 0 Å². The molecule has 0 atom stereocenters. The average molecular weight is 284 g/mol. The number of carbonyl (C=O) groups is 2. The van der Waals surface area contributed by atoms with Gasteiger partial charge in [-0.3, -0.25) is 9.59 Å². The largest absolute Gasteiger partial charge is 0.383 e. The summed E-state index contributed by atoms with van der Waals surface area (Å²) < 4.78 is 18.3. The molecule has 1 rings (SSSR count). The SMILES string of the molecule is COCCNC(=O)CCNC(=O)c1ccnc(N)c1F. The summed E-state index contributed by atoms with van der Waals surface area (Å²) in [6.45, 7) is 0.914. The molecule has 2 amide bonds. The first-order valence-corrected chi connectivity index (χ1v) is 6.00. The zero-order valence-electron chi connectivity index (χ0n) is 11.1. The number of hydrogen-bond acceptors (Lipinski definition) is 5. The van der Waals surface area contributed by atoms with Gasteiger partial charge in [-0.2, -0.15) is 0 Å². The van der Waals surface area contributed by atoms with E-state index < -0.39 is 11.7 Å². The number of nitrogen functional groups attached to an aromatic ring is 1. The molecule has 1 heterocycles. The van der Waals surface area contributed by atoms with Gasteiger partial charge in [0.2, 0.25) is 5.91 Å². The third-order valence-electron chi connectivity index (χ3n) is 2.43. The number of halogens is 1. The predicted molar refractivity (Wildman–Crippen MR) is 70.4 cm³/mol. The van der Waals surface area contributed by atoms with Gasteiger partial charge in [-0.25, -0.2) is 9.37 Å². The highest BCUT2D eigenvalue weighted by atomic mass is 19.1. The van der Waals surface area contributed by atoms with E-state index in [4.69, 9.17) is 10.5 Å². The zero-order valence-corrected chi connectivity index (χ0v) is 11.1. The Balaban J connectivity index is 2.37. The Bertz CT molecular complexity index is 482. The summed E-state index contributed by atoms with van der Waals surface area (Å²) in [7, 11) is 1.53. The monoisotopic (exact) mass is 284 g/mol. The third-order valence-corrected chi connectivity index (χ3v) is 2.43. The number of nitrogens with two attached hydrogens (primary N) is 1. The molecule has 0 fully saturated rings. The lowest BCUT2D eigenvalue weighted by atomic mass is 10.2. The number of rotatable bonds is 7. The van der Waals surface area contributed by atoms with Crippen molar-refractivity contribution in [3.8, 4) is 0 Å². The van der Waals surface area contributed by atoms with E-state index in [-0.39, 0.29) is 30.3 Å². The van der Waals surface area contributed by atoms with Gasteiger partial charge in [0.05, 0.1) is 12.2 Å². The second-order valence-electron chi connectivity index (χ2n) is 3.91. The Morgan fingerprint density at radius 2 is 2.15 bits per heavy atom. The van der Waals surface area contributed by atoms with E-state index in [1.165, 1.54) is 19.4 Å². The molecule has 8 heteroatoms. The molecule has 4 N–H and O–H groups in total. The quantitative estimate of drug-likeness (QED) is 0.595. The van der Waals surface area contributed by atoms with E-state index in [1.807, 2.05) is 0 Å². The van der Waals surface area contributed by atoms with Crippen LogP contribution in [0.25, 0.3) is 0 Å². The fraction of sp³-hybridized carbons (Fsp3) is 0.417. The topological polar surface area (TPSA) is 106 Å². The van der Waals surface area contributed by atoms with Crippen molar-refractivity contribution in [1.82, 2.24) is 15.6 Å². The Labute approximate surface area is 115 Å². The van der Waals surface area contributed by atoms with Gasteiger partial charge in [0.15, 0.2) is 11.6 Å². The molecule has 0 aliphatic rings. The molecule has 20 heavy (non-hydrogen) atoms. The van der Waals surface area contributed by atoms with Crippen molar-refractivity contribution in [3.63, 3.8) is 0 Å². The summed E-state index contributed by atoms with van der Waals surface area (Å²) in [6, 6.07) is 1.22. The highest BCUT2D eigenvalue weighted by molar-refractivity contribution is 5.95. The van der Waals surface area contributed by atoms with E-state index >= 15 is 0 Å². The van der Waals surface area contributed by atoms with Crippen molar-refractivity contribution in [1.29, 1.82) is 0 Å². The van der Waals surface area contributed by atoms with Crippen molar-refractivity contribution >= 4 is 17.6 Å². The smallest absolute Gasteiger partial charge is 0.254 e. The number of ether oxygens (including phenoxy) is 1. The van der Waals surface area contributed by atoms with Crippen LogP contribution in [0.5, 0.6) is 0 Å². The summed E-state index contributed by atoms with van der Waals surface area (Å²) in [5, 5.41) is 5.03. The highest BCUT2D eigenvalue weighted by Gasteiger charge is 2.14. The lowest BCUT2D eigenvalue weighted by Gasteiger charge is -2.07. The zero-order chi connectivity index (χ0) is 15.0. The molecule has 110 valence electrons. The molecule has 7 nitrogen and oxygen atoms in total. The summed E-state index contributed by atoms with van der Waals surface area (Å²) in [6.07, 6.45) is 1.34. The van der Waals surface area contributed by atoms with Crippen LogP contribution in [0.1, 0.15) is 16.8 Å². The normalized spacial score (nSPS) is 10.1. The van der Waals surface area contributed by atoms with Crippen LogP contribution < -0.4 is 16.4 Å². The fourth-order valence-electron chi connectivity index (χ4n) is 1.40. The van der Waals surface area contributed by atoms with Gasteiger partial charge < -0.3 is 21.1 Å². The summed E-state index contributed by atoms with van der Waals surface area (Å²) in [5.74, 6) is -2.07. The van der Waals surface area contributed by atoms with Crippen molar-refractivity contribution in [2.45, 2.75) is 6.42 Å². The number of hydrogen-bond donors (Lipinski definition) is 3. The molecule has 0 saturated heterocycles. The fourth-order valence-corrected chi connectivity index (χ4v) is 1.40. The Morgan fingerprint density at radius 3 is 2.85 bits per heavy atom. The maximum absolute atomic E-state index is 13.5. The summed E-state index contributed by atoms with van der Waals surface area (Å²) >= 11 is 0. The second kappa shape index (κ2) is 8.05. The van der Waals surface area contributed by atoms with Gasteiger partial charge in [-0.15, -0.1) is 0 Å². The molecular weight excluding hydrogens is 267 g/mol. The van der Waals surface area contributed by atoms with E-state index in [1.54, 1.807) is 0 Å². The van der Waals surface area contributed by atoms with Crippen molar-refractivity contribution in [3.05, 3.63) is 23.6 Å². The molecule has 0 aromatic carbocycles. The maximum Gasteiger partial charge on any atom is 0.254 e. The minimum absolute atomic E-state index is 0.0949. The van der Waals surface area contributed by atoms with Gasteiger partial charge in [0.1, 0.15) is 0 Å². The first-order valence-electron chi connectivity index (χ1n) is 6.00. The minimum Gasteiger partial charge on any atom is -0.383 e. The number of pyridine rings is 1. The molecule has 0 bridgehead atoms. The predicted octanol–water partition coefficient (Wildman–Crippen LogP) is -0.315. The number of aromatic nitrogens is 1. The Kier molecular flexibility index (Phi) is 6.38. The van der Waals surface area contributed by atoms with E-state index in [9.17, 15) is 14.0 Å². The first kappa shape index (κ1) is 15.8. The van der Waals surface area contributed by atoms with Gasteiger partial charge in [-0.1, -0.05) is 0 Å². The Morgan fingerprint density at radius 1 is 1.40 bits per heavy atom. The number of methoxy groups -OCH3 is 1. The molecule has 1 aromatic rings. The molecular formula is C12H17FN4O3. The summed E-state index contributed by atoms with van der Waals surface area (Å²) in [4.78, 5) is 26.5. The average Bonchev–Trinajstić information content (AvgIpc) is 2.42. The highest BCUT2D eigenvalue weighted by Crippen LogP contribution is 2.11. The van der Waals surface area contributed by atoms with Crippen molar-refractivity contribution in [2.24, 2.45) is 0 Å². The number of nitrogens with zero attached hydrogens (tertiary/aromatic N) is 1. The third kappa shape index (κ3) is 4.81. The van der Waals surface area contributed by atoms with Crippen LogP contribution in [0.4, 0.5) is 10.2 Å². The molecule has 1 aromatic heterocycles. The van der Waals surface area contributed by atoms with Crippen LogP contribution in [-0.2, 0) is 9.53 Å². The number of anilines is 1. The van der Waals surface area contributed by atoms with Crippen LogP contribution in [-0.4, -0.2) is 43.6 Å². The van der Waals surface area contributed by atoms with Crippen molar-refractivity contribution < 1.29 is 18.7 Å². The van der Waals surface area contributed by atoms with E-state index in [2.05, 4.69) is 15.6 Å². The van der Waals surface area contributed by atoms with Gasteiger partial charge in [-0.05, 0) is 6.07 Å². The molecule has 0 aliphatic heterocycles. The number of carbonyl (C=O) groups excluding carboxylic acids is 2. The lowest BCUT2D eigenvalue weighted by Crippen LogP contribution is -2.32. The summed E-state index contributed by atoms with van der Waals surface area (Å²) in [5.41, 5.74) is 5.06. The van der Waals surface area contributed by atoms with Gasteiger partial charge >= 0.3 is 0 Å². The molecule has 0 saturated carbocycles. The standard InChI is InChI=1S/C12H17FN4O3/c1-20-7-6-15-9(18)3-5-17-12(19)8-2-4-16-11(14)10(8)13/h2,4H,3,5-7H2,1H3,(H2,14,16)(H,15,18)(H,17,19). The number of amides is 2. The van der Waals surface area contributed by atoms with Crippen LogP contribution in [0.15, 0.2) is 12.3 Å². The minimum atomic E-state index is -0.866. The Hall–Kier alpha value is -2.22. The van der Waals surface area contributed by atoms with Gasteiger partial charge in [0, 0.05) is 32.8 Å². The number of nitrogens with one attached hydrogen (secondary N) is 2. The van der Waals surface area contributed by atoms with Gasteiger partial charge in [0.25, 0.3) is 5.91 Å². The van der Waals surface area contributed by atoms with Crippen molar-refractivity contribution in [2.75, 3.05) is 32.5 Å². The maximum atomic E-state index is 13.5.